The van der Waals surface area contributed by atoms with Gasteiger partial charge in [-0.3, -0.25) is 0 Å². The summed E-state index contributed by atoms with van der Waals surface area (Å²) in [7, 11) is 0. The van der Waals surface area contributed by atoms with Gasteiger partial charge in [-0.2, -0.15) is 11.8 Å². The molecule has 0 bridgehead atoms. The lowest BCUT2D eigenvalue weighted by Crippen LogP contribution is -1.85. The molecule has 0 atom stereocenters. The Balaban J connectivity index is 2.31. The van der Waals surface area contributed by atoms with Crippen LogP contribution in [0, 0.1) is 0 Å². The predicted octanol–water partition coefficient (Wildman–Crippen LogP) is 3.15. The van der Waals surface area contributed by atoms with Crippen LogP contribution in [0.15, 0.2) is 11.0 Å². The number of hydrogen-bond donors (Lipinski definition) is 0. The van der Waals surface area contributed by atoms with E-state index in [-0.39, 0.29) is 0 Å². The molecular formula is C8H14S2. The molecule has 2 heteroatoms. The second-order valence-electron chi connectivity index (χ2n) is 2.45. The number of rotatable bonds is 2. The first-order chi connectivity index (χ1) is 4.93. The van der Waals surface area contributed by atoms with Gasteiger partial charge in [0.15, 0.2) is 0 Å². The minimum absolute atomic E-state index is 1.28. The molecule has 1 rings (SSSR count). The van der Waals surface area contributed by atoms with E-state index in [0.717, 1.165) is 0 Å². The van der Waals surface area contributed by atoms with Gasteiger partial charge in [0.1, 0.15) is 0 Å². The third-order valence-corrected chi connectivity index (χ3v) is 3.72. The zero-order valence-electron chi connectivity index (χ0n) is 6.43. The summed E-state index contributed by atoms with van der Waals surface area (Å²) in [6, 6.07) is 0. The molecule has 0 radical (unpaired) electrons. The van der Waals surface area contributed by atoms with E-state index in [0.29, 0.717) is 0 Å². The first-order valence-electron chi connectivity index (χ1n) is 3.80. The molecule has 0 saturated carbocycles. The quantitative estimate of drug-likeness (QED) is 0.631. The van der Waals surface area contributed by atoms with Gasteiger partial charge in [-0.05, 0) is 11.8 Å². The topological polar surface area (TPSA) is 0 Å². The molecular weight excluding hydrogens is 160 g/mol. The molecule has 1 aliphatic rings. The molecule has 10 heavy (non-hydrogen) atoms. The maximum Gasteiger partial charge on any atom is 0.0151 e. The first-order valence-corrected chi connectivity index (χ1v) is 6.01. The Hall–Kier alpha value is 0.440. The summed E-state index contributed by atoms with van der Waals surface area (Å²) in [5, 5.41) is 2.36. The highest BCUT2D eigenvalue weighted by molar-refractivity contribution is 8.05. The third-order valence-electron chi connectivity index (χ3n) is 1.45. The summed E-state index contributed by atoms with van der Waals surface area (Å²) in [6.07, 6.45) is 2.60. The van der Waals surface area contributed by atoms with Gasteiger partial charge in [-0.1, -0.05) is 18.9 Å². The Morgan fingerprint density at radius 1 is 1.50 bits per heavy atom. The number of hydrogen-bond acceptors (Lipinski definition) is 2. The van der Waals surface area contributed by atoms with Crippen LogP contribution in [0.5, 0.6) is 0 Å². The lowest BCUT2D eigenvalue weighted by molar-refractivity contribution is 0.912. The van der Waals surface area contributed by atoms with Crippen molar-refractivity contribution in [2.45, 2.75) is 19.8 Å². The Morgan fingerprint density at radius 2 is 2.40 bits per heavy atom. The van der Waals surface area contributed by atoms with Gasteiger partial charge in [0.25, 0.3) is 0 Å². The summed E-state index contributed by atoms with van der Waals surface area (Å²) in [4.78, 5) is 0. The minimum Gasteiger partial charge on any atom is -0.157 e. The molecule has 58 valence electrons. The molecule has 0 amide bonds. The maximum absolute atomic E-state index is 2.36. The van der Waals surface area contributed by atoms with E-state index in [9.17, 15) is 0 Å². The molecule has 0 spiro atoms. The molecule has 0 N–H and O–H groups in total. The smallest absolute Gasteiger partial charge is 0.0151 e. The highest BCUT2D eigenvalue weighted by Crippen LogP contribution is 2.22. The monoisotopic (exact) mass is 174 g/mol. The highest BCUT2D eigenvalue weighted by atomic mass is 32.2. The normalized spacial score (nSPS) is 19.9. The van der Waals surface area contributed by atoms with Crippen LogP contribution in [0.4, 0.5) is 0 Å². The largest absolute Gasteiger partial charge is 0.157 e. The highest BCUT2D eigenvalue weighted by Gasteiger charge is 2.00. The van der Waals surface area contributed by atoms with E-state index in [1.165, 1.54) is 30.1 Å². The van der Waals surface area contributed by atoms with Crippen LogP contribution in [-0.4, -0.2) is 17.3 Å². The molecule has 0 aliphatic carbocycles. The summed E-state index contributed by atoms with van der Waals surface area (Å²) in [5.41, 5.74) is 1.65. The lowest BCUT2D eigenvalue weighted by atomic mass is 10.2. The van der Waals surface area contributed by atoms with Crippen LogP contribution in [0.25, 0.3) is 0 Å². The van der Waals surface area contributed by atoms with Crippen molar-refractivity contribution < 1.29 is 0 Å². The van der Waals surface area contributed by atoms with Gasteiger partial charge in [-0.25, -0.2) is 0 Å². The molecule has 1 heterocycles. The Kier molecular flexibility index (Phi) is 4.39. The second-order valence-corrected chi connectivity index (χ2v) is 4.53. The van der Waals surface area contributed by atoms with E-state index in [2.05, 4.69) is 24.1 Å². The summed E-state index contributed by atoms with van der Waals surface area (Å²) < 4.78 is 0. The van der Waals surface area contributed by atoms with Crippen molar-refractivity contribution in [1.82, 2.24) is 0 Å². The average Bonchev–Trinajstić information content (AvgIpc) is 2.17. The fraction of sp³-hybridized carbons (Fsp3) is 0.750. The second kappa shape index (κ2) is 5.14. The Morgan fingerprint density at radius 3 is 3.20 bits per heavy atom. The standard InChI is InChI=1S/C8H14S2/c1-2-3-8-6-9-4-5-10-7-8/h6H,2-5,7H2,1H3. The van der Waals surface area contributed by atoms with Crippen molar-refractivity contribution in [1.29, 1.82) is 0 Å². The van der Waals surface area contributed by atoms with Crippen molar-refractivity contribution >= 4 is 23.5 Å². The molecule has 0 nitrogen and oxygen atoms in total. The van der Waals surface area contributed by atoms with Gasteiger partial charge in [0.05, 0.1) is 0 Å². The van der Waals surface area contributed by atoms with E-state index in [1.54, 1.807) is 5.57 Å². The van der Waals surface area contributed by atoms with Gasteiger partial charge < -0.3 is 0 Å². The molecule has 0 fully saturated rings. The third kappa shape index (κ3) is 3.02. The first kappa shape index (κ1) is 8.54. The minimum atomic E-state index is 1.28. The maximum atomic E-state index is 2.36. The Labute approximate surface area is 71.8 Å². The molecule has 0 aromatic rings. The molecule has 1 aliphatic heterocycles. The fourth-order valence-electron chi connectivity index (χ4n) is 0.973. The van der Waals surface area contributed by atoms with Crippen molar-refractivity contribution in [2.24, 2.45) is 0 Å². The average molecular weight is 174 g/mol. The SMILES string of the molecule is CCCC1=CSCCSC1. The van der Waals surface area contributed by atoms with Crippen LogP contribution < -0.4 is 0 Å². The van der Waals surface area contributed by atoms with Gasteiger partial charge in [-0.15, -0.1) is 11.8 Å². The van der Waals surface area contributed by atoms with Crippen LogP contribution >= 0.6 is 23.5 Å². The van der Waals surface area contributed by atoms with Crippen LogP contribution in [-0.2, 0) is 0 Å². The van der Waals surface area contributed by atoms with Crippen LogP contribution in [0.3, 0.4) is 0 Å². The zero-order chi connectivity index (χ0) is 7.23. The van der Waals surface area contributed by atoms with Crippen LogP contribution in [0.1, 0.15) is 19.8 Å². The van der Waals surface area contributed by atoms with Gasteiger partial charge in [0.2, 0.25) is 0 Å². The van der Waals surface area contributed by atoms with Gasteiger partial charge in [0, 0.05) is 17.3 Å². The molecule has 0 saturated heterocycles. The predicted molar refractivity (Wildman–Crippen MR) is 52.8 cm³/mol. The summed E-state index contributed by atoms with van der Waals surface area (Å²) in [6.45, 7) is 2.25. The van der Waals surface area contributed by atoms with Crippen molar-refractivity contribution in [3.05, 3.63) is 11.0 Å². The van der Waals surface area contributed by atoms with E-state index in [4.69, 9.17) is 0 Å². The van der Waals surface area contributed by atoms with E-state index in [1.807, 2.05) is 11.8 Å². The van der Waals surface area contributed by atoms with Crippen molar-refractivity contribution in [2.75, 3.05) is 17.3 Å². The zero-order valence-corrected chi connectivity index (χ0v) is 8.06. The van der Waals surface area contributed by atoms with Crippen LogP contribution in [0.2, 0.25) is 0 Å². The molecule has 0 unspecified atom stereocenters. The van der Waals surface area contributed by atoms with E-state index >= 15 is 0 Å². The van der Waals surface area contributed by atoms with Gasteiger partial charge >= 0.3 is 0 Å². The summed E-state index contributed by atoms with van der Waals surface area (Å²) >= 11 is 4.06. The van der Waals surface area contributed by atoms with Crippen molar-refractivity contribution in [3.63, 3.8) is 0 Å². The summed E-state index contributed by atoms with van der Waals surface area (Å²) in [5.74, 6) is 3.91. The van der Waals surface area contributed by atoms with Crippen molar-refractivity contribution in [3.8, 4) is 0 Å². The Bertz CT molecular complexity index is 118. The molecule has 0 aromatic carbocycles. The fourth-order valence-corrected chi connectivity index (χ4v) is 3.12. The number of thioether (sulfide) groups is 2. The molecule has 0 aromatic heterocycles. The van der Waals surface area contributed by atoms with E-state index < -0.39 is 0 Å². The lowest BCUT2D eigenvalue weighted by Gasteiger charge is -1.99.